The van der Waals surface area contributed by atoms with Crippen molar-refractivity contribution in [3.8, 4) is 0 Å². The maximum atomic E-state index is 14.1. The number of hydrogen-bond donors (Lipinski definition) is 2. The van der Waals surface area contributed by atoms with E-state index in [4.69, 9.17) is 0 Å². The molecule has 0 bridgehead atoms. The number of amides is 1. The lowest BCUT2D eigenvalue weighted by molar-refractivity contribution is 0.0930. The molecule has 132 valence electrons. The minimum atomic E-state index is -0.172. The number of aromatic amines is 1. The summed E-state index contributed by atoms with van der Waals surface area (Å²) >= 11 is 0. The van der Waals surface area contributed by atoms with E-state index >= 15 is 0 Å². The second-order valence-corrected chi connectivity index (χ2v) is 7.27. The Hall–Kier alpha value is -2.30. The summed E-state index contributed by atoms with van der Waals surface area (Å²) in [6, 6.07) is 7.25. The number of piperidine rings is 1. The van der Waals surface area contributed by atoms with E-state index < -0.39 is 0 Å². The molecule has 4 rings (SSSR count). The summed E-state index contributed by atoms with van der Waals surface area (Å²) in [6.07, 6.45) is 5.86. The maximum Gasteiger partial charge on any atom is 0.253 e. The van der Waals surface area contributed by atoms with Gasteiger partial charge in [0, 0.05) is 31.0 Å². The fourth-order valence-corrected chi connectivity index (χ4v) is 3.68. The van der Waals surface area contributed by atoms with Gasteiger partial charge in [0.25, 0.3) is 5.91 Å². The van der Waals surface area contributed by atoms with E-state index in [9.17, 15) is 9.18 Å². The molecule has 2 heterocycles. The number of carbonyl (C=O) groups is 1. The molecule has 0 atom stereocenters. The van der Waals surface area contributed by atoms with Gasteiger partial charge in [0.15, 0.2) is 0 Å². The van der Waals surface area contributed by atoms with Crippen LogP contribution in [0.25, 0.3) is 0 Å². The van der Waals surface area contributed by atoms with Crippen molar-refractivity contribution in [2.45, 2.75) is 44.6 Å². The summed E-state index contributed by atoms with van der Waals surface area (Å²) in [5.41, 5.74) is 3.60. The zero-order chi connectivity index (χ0) is 17.4. The minimum absolute atomic E-state index is 0.0170. The van der Waals surface area contributed by atoms with Gasteiger partial charge in [0.1, 0.15) is 5.82 Å². The van der Waals surface area contributed by atoms with Crippen molar-refractivity contribution in [1.29, 1.82) is 0 Å². The van der Waals surface area contributed by atoms with Crippen LogP contribution in [-0.4, -0.2) is 30.0 Å². The molecule has 2 fully saturated rings. The summed E-state index contributed by atoms with van der Waals surface area (Å²) in [6.45, 7) is 3.49. The zero-order valence-electron chi connectivity index (χ0n) is 14.5. The standard InChI is InChI=1S/C20H24FN3O/c1-13-2-5-17(21)18(12-13)24-10-7-15(8-11-24)23-20(25)16-6-9-22-19(16)14-3-4-14/h2,5-6,9,12,14-15,22H,3-4,7-8,10-11H2,1H3,(H,23,25). The molecule has 1 aliphatic carbocycles. The third kappa shape index (κ3) is 3.41. The van der Waals surface area contributed by atoms with Crippen LogP contribution in [0, 0.1) is 12.7 Å². The van der Waals surface area contributed by atoms with Crippen LogP contribution in [-0.2, 0) is 0 Å². The number of anilines is 1. The summed E-state index contributed by atoms with van der Waals surface area (Å²) in [7, 11) is 0. The van der Waals surface area contributed by atoms with Crippen molar-refractivity contribution < 1.29 is 9.18 Å². The molecule has 1 aliphatic heterocycles. The number of carbonyl (C=O) groups excluding carboxylic acids is 1. The molecule has 2 N–H and O–H groups in total. The second kappa shape index (κ2) is 6.54. The molecule has 1 aromatic heterocycles. The molecule has 1 saturated heterocycles. The Kier molecular flexibility index (Phi) is 4.24. The summed E-state index contributed by atoms with van der Waals surface area (Å²) in [4.78, 5) is 17.9. The average Bonchev–Trinajstić information content (AvgIpc) is 3.34. The van der Waals surface area contributed by atoms with Crippen molar-refractivity contribution in [3.05, 3.63) is 53.1 Å². The van der Waals surface area contributed by atoms with Crippen LogP contribution in [0.5, 0.6) is 0 Å². The predicted molar refractivity (Wildman–Crippen MR) is 96.6 cm³/mol. The minimum Gasteiger partial charge on any atom is -0.369 e. The maximum absolute atomic E-state index is 14.1. The number of aryl methyl sites for hydroxylation is 1. The number of nitrogens with zero attached hydrogens (tertiary/aromatic N) is 1. The highest BCUT2D eigenvalue weighted by Crippen LogP contribution is 2.40. The van der Waals surface area contributed by atoms with E-state index in [0.29, 0.717) is 11.6 Å². The molecule has 0 unspecified atom stereocenters. The van der Waals surface area contributed by atoms with Crippen LogP contribution >= 0.6 is 0 Å². The number of H-pyrrole nitrogens is 1. The van der Waals surface area contributed by atoms with E-state index in [1.54, 1.807) is 6.07 Å². The molecular formula is C20H24FN3O. The Morgan fingerprint density at radius 1 is 1.20 bits per heavy atom. The van der Waals surface area contributed by atoms with Crippen molar-refractivity contribution in [3.63, 3.8) is 0 Å². The molecule has 4 nitrogen and oxygen atoms in total. The fraction of sp³-hybridized carbons (Fsp3) is 0.450. The second-order valence-electron chi connectivity index (χ2n) is 7.27. The molecule has 5 heteroatoms. The lowest BCUT2D eigenvalue weighted by atomic mass is 10.0. The van der Waals surface area contributed by atoms with E-state index in [-0.39, 0.29) is 17.8 Å². The molecule has 0 spiro atoms. The SMILES string of the molecule is Cc1ccc(F)c(N2CCC(NC(=O)c3cc[nH]c3C3CC3)CC2)c1. The highest BCUT2D eigenvalue weighted by Gasteiger charge is 2.30. The highest BCUT2D eigenvalue weighted by atomic mass is 19.1. The first-order valence-corrected chi connectivity index (χ1v) is 9.11. The lowest BCUT2D eigenvalue weighted by Crippen LogP contribution is -2.45. The third-order valence-corrected chi connectivity index (χ3v) is 5.28. The van der Waals surface area contributed by atoms with Gasteiger partial charge in [-0.25, -0.2) is 4.39 Å². The van der Waals surface area contributed by atoms with Crippen LogP contribution in [0.4, 0.5) is 10.1 Å². The summed E-state index contributed by atoms with van der Waals surface area (Å²) in [5, 5.41) is 3.16. The van der Waals surface area contributed by atoms with Gasteiger partial charge < -0.3 is 15.2 Å². The van der Waals surface area contributed by atoms with Crippen LogP contribution in [0.2, 0.25) is 0 Å². The van der Waals surface area contributed by atoms with Crippen molar-refractivity contribution in [1.82, 2.24) is 10.3 Å². The molecule has 2 aromatic rings. The largest absolute Gasteiger partial charge is 0.369 e. The number of rotatable bonds is 4. The Morgan fingerprint density at radius 3 is 2.68 bits per heavy atom. The van der Waals surface area contributed by atoms with E-state index in [0.717, 1.165) is 42.8 Å². The van der Waals surface area contributed by atoms with Gasteiger partial charge in [0.2, 0.25) is 0 Å². The van der Waals surface area contributed by atoms with Gasteiger partial charge in [-0.05, 0) is 62.3 Å². The molecule has 1 aromatic carbocycles. The number of nitrogens with one attached hydrogen (secondary N) is 2. The first-order chi connectivity index (χ1) is 12.1. The molecule has 1 saturated carbocycles. The lowest BCUT2D eigenvalue weighted by Gasteiger charge is -2.34. The van der Waals surface area contributed by atoms with Crippen molar-refractivity contribution in [2.75, 3.05) is 18.0 Å². The van der Waals surface area contributed by atoms with Crippen molar-refractivity contribution >= 4 is 11.6 Å². The first kappa shape index (κ1) is 16.2. The van der Waals surface area contributed by atoms with E-state index in [1.807, 2.05) is 25.3 Å². The van der Waals surface area contributed by atoms with Gasteiger partial charge in [-0.15, -0.1) is 0 Å². The number of benzene rings is 1. The van der Waals surface area contributed by atoms with Crippen LogP contribution < -0.4 is 10.2 Å². The molecule has 25 heavy (non-hydrogen) atoms. The fourth-order valence-electron chi connectivity index (χ4n) is 3.68. The van der Waals surface area contributed by atoms with Crippen molar-refractivity contribution in [2.24, 2.45) is 0 Å². The Morgan fingerprint density at radius 2 is 1.96 bits per heavy atom. The molecule has 0 radical (unpaired) electrons. The van der Waals surface area contributed by atoms with E-state index in [1.165, 1.54) is 18.9 Å². The van der Waals surface area contributed by atoms with Gasteiger partial charge in [-0.1, -0.05) is 6.07 Å². The average molecular weight is 341 g/mol. The normalized spacial score (nSPS) is 18.4. The Labute approximate surface area is 147 Å². The monoisotopic (exact) mass is 341 g/mol. The van der Waals surface area contributed by atoms with Gasteiger partial charge >= 0.3 is 0 Å². The van der Waals surface area contributed by atoms with Crippen LogP contribution in [0.1, 0.15) is 53.2 Å². The zero-order valence-corrected chi connectivity index (χ0v) is 14.5. The Bertz CT molecular complexity index is 773. The predicted octanol–water partition coefficient (Wildman–Crippen LogP) is 3.74. The van der Waals surface area contributed by atoms with Crippen LogP contribution in [0.15, 0.2) is 30.5 Å². The number of halogens is 1. The third-order valence-electron chi connectivity index (χ3n) is 5.28. The Balaban J connectivity index is 1.36. The van der Waals surface area contributed by atoms with Gasteiger partial charge in [0.05, 0.1) is 11.3 Å². The molecule has 1 amide bonds. The van der Waals surface area contributed by atoms with Gasteiger partial charge in [-0.3, -0.25) is 4.79 Å². The molecular weight excluding hydrogens is 317 g/mol. The van der Waals surface area contributed by atoms with E-state index in [2.05, 4.69) is 15.2 Å². The topological polar surface area (TPSA) is 48.1 Å². The summed E-state index contributed by atoms with van der Waals surface area (Å²) in [5.74, 6) is 0.375. The number of aromatic nitrogens is 1. The first-order valence-electron chi connectivity index (χ1n) is 9.11. The van der Waals surface area contributed by atoms with Gasteiger partial charge in [-0.2, -0.15) is 0 Å². The summed E-state index contributed by atoms with van der Waals surface area (Å²) < 4.78 is 14.1. The molecule has 2 aliphatic rings. The quantitative estimate of drug-likeness (QED) is 0.890. The van der Waals surface area contributed by atoms with Crippen LogP contribution in [0.3, 0.4) is 0 Å². The smallest absolute Gasteiger partial charge is 0.253 e. The number of hydrogen-bond acceptors (Lipinski definition) is 2. The highest BCUT2D eigenvalue weighted by molar-refractivity contribution is 5.95.